The summed E-state index contributed by atoms with van der Waals surface area (Å²) in [4.78, 5) is 77.7. The van der Waals surface area contributed by atoms with Crippen molar-refractivity contribution in [2.45, 2.75) is 121 Å². The van der Waals surface area contributed by atoms with Gasteiger partial charge in [-0.25, -0.2) is 0 Å². The number of aliphatic carboxylic acids is 2. The Bertz CT molecular complexity index is 2690. The summed E-state index contributed by atoms with van der Waals surface area (Å²) in [5.74, 6) is -1.88. The second-order valence-corrected chi connectivity index (χ2v) is 22.3. The van der Waals surface area contributed by atoms with Crippen LogP contribution >= 0.6 is 0 Å². The molecule has 10 bridgehead atoms. The number of carbonyl (C=O) groups is 6. The minimum absolute atomic E-state index is 0. The number of carboxylic acids is 2. The van der Waals surface area contributed by atoms with E-state index in [4.69, 9.17) is 24.4 Å². The zero-order valence-electron chi connectivity index (χ0n) is 46.5. The second kappa shape index (κ2) is 28.4. The molecule has 0 spiro atoms. The van der Waals surface area contributed by atoms with Crippen LogP contribution in [-0.2, 0) is 61.5 Å². The maximum absolute atomic E-state index is 11.0. The van der Waals surface area contributed by atoms with Crippen LogP contribution in [0, 0.1) is 66.6 Å². The van der Waals surface area contributed by atoms with Crippen molar-refractivity contribution in [2.75, 3.05) is 26.2 Å². The first kappa shape index (κ1) is 64.3. The van der Waals surface area contributed by atoms with Crippen molar-refractivity contribution in [1.82, 2.24) is 19.8 Å². The Balaban J connectivity index is 0.000000167. The Kier molecular flexibility index (Phi) is 22.6. The number of aldehydes is 1. The summed E-state index contributed by atoms with van der Waals surface area (Å²) >= 11 is 0. The number of hydrogen-bond acceptors (Lipinski definition) is 15. The number of aliphatic hydroxyl groups excluding tert-OH is 2. The summed E-state index contributed by atoms with van der Waals surface area (Å²) in [7, 11) is 0. The van der Waals surface area contributed by atoms with Gasteiger partial charge >= 0.3 is 29.8 Å². The van der Waals surface area contributed by atoms with Crippen LogP contribution in [0.3, 0.4) is 0 Å². The maximum Gasteiger partial charge on any atom is 0.310 e. The zero-order valence-corrected chi connectivity index (χ0v) is 47.9. The van der Waals surface area contributed by atoms with E-state index in [9.17, 15) is 39.0 Å². The first-order valence-electron chi connectivity index (χ1n) is 28.0. The van der Waals surface area contributed by atoms with E-state index in [1.165, 1.54) is 12.8 Å². The first-order valence-corrected chi connectivity index (χ1v) is 28.0. The molecule has 437 valence electrons. The minimum atomic E-state index is -0.867. The molecule has 19 atom stereocenters. The predicted molar refractivity (Wildman–Crippen MR) is 298 cm³/mol. The standard InChI is InChI=1S/2C19H22N2O.2C7H8O4.C7H8O3.C2H6.CH3.H2O.V/c2*1-2-13-12-21-10-8-14(13)11-18(21)19(22)16-7-9-20-17-6-4-3-5-15(16)17;2*8-6(9)4-1-3-2-5(4)7(10)11-3;8-3-4-1-5-2-6(4)7(9)10-5;1-2;;;/h2*2-7,9,13-14,18-19,22H,1,8,10-12H2;2*3-5H,1-2H2,(H,8,9);3-6H,1-2H2;1-2H3;1H3;1H2;/q;;;;;;-1;;/t2*13?,14?,18?,19-;;;;;;;/m11......./s1. The van der Waals surface area contributed by atoms with Gasteiger partial charge in [-0.2, -0.15) is 0 Å². The minimum Gasteiger partial charge on any atom is -0.481 e. The molecule has 9 saturated heterocycles. The van der Waals surface area contributed by atoms with Crippen LogP contribution in [0.1, 0.15) is 101 Å². The van der Waals surface area contributed by atoms with E-state index in [1.807, 2.05) is 74.8 Å². The van der Waals surface area contributed by atoms with Crippen LogP contribution in [0.4, 0.5) is 0 Å². The third kappa shape index (κ3) is 13.6. The second-order valence-electron chi connectivity index (χ2n) is 22.3. The largest absolute Gasteiger partial charge is 0.481 e. The van der Waals surface area contributed by atoms with Gasteiger partial charge in [-0.15, -0.1) is 13.2 Å². The molecule has 4 aromatic rings. The number of piperidine rings is 6. The average molecular weight is 1160 g/mol. The maximum atomic E-state index is 11.0. The molecule has 12 aliphatic rings. The predicted octanol–water partition coefficient (Wildman–Crippen LogP) is 7.16. The number of fused-ring (bicyclic) bond motifs is 14. The van der Waals surface area contributed by atoms with Gasteiger partial charge in [0.15, 0.2) is 0 Å². The fourth-order valence-electron chi connectivity index (χ4n) is 14.1. The molecular weight excluding hydrogens is 1080 g/mol. The average Bonchev–Trinajstić information content (AvgIpc) is 4.38. The van der Waals surface area contributed by atoms with Crippen LogP contribution in [-0.4, -0.2) is 138 Å². The molecule has 1 radical (unpaired) electrons. The number of nitrogens with zero attached hydrogens (tertiary/aromatic N) is 4. The molecule has 6 N–H and O–H groups in total. The van der Waals surface area contributed by atoms with Gasteiger partial charge in [0.1, 0.15) is 24.6 Å². The van der Waals surface area contributed by atoms with Crippen molar-refractivity contribution in [1.29, 1.82) is 0 Å². The van der Waals surface area contributed by atoms with Crippen LogP contribution in [0.5, 0.6) is 0 Å². The number of pyridine rings is 2. The third-order valence-corrected chi connectivity index (χ3v) is 18.2. The van der Waals surface area contributed by atoms with Crippen molar-refractivity contribution in [3.05, 3.63) is 117 Å². The summed E-state index contributed by atoms with van der Waals surface area (Å²) in [5, 5.41) is 41.5. The topological polar surface area (TPSA) is 275 Å². The van der Waals surface area contributed by atoms with Gasteiger partial charge in [0, 0.05) is 72.8 Å². The number of carboxylic acid groups (broad SMARTS) is 2. The number of aliphatic hydroxyl groups is 2. The fourth-order valence-corrected chi connectivity index (χ4v) is 14.1. The Morgan fingerprint density at radius 1 is 0.593 bits per heavy atom. The summed E-state index contributed by atoms with van der Waals surface area (Å²) in [6.07, 6.45) is 16.0. The van der Waals surface area contributed by atoms with Crippen molar-refractivity contribution in [2.24, 2.45) is 59.2 Å². The van der Waals surface area contributed by atoms with Gasteiger partial charge in [-0.05, 0) is 136 Å². The number of ether oxygens (including phenoxy) is 3. The smallest absolute Gasteiger partial charge is 0.310 e. The third-order valence-electron chi connectivity index (χ3n) is 18.2. The Morgan fingerprint density at radius 3 is 1.27 bits per heavy atom. The summed E-state index contributed by atoms with van der Waals surface area (Å²) in [6.45, 7) is 16.2. The van der Waals surface area contributed by atoms with E-state index in [0.29, 0.717) is 49.4 Å². The molecule has 3 aliphatic carbocycles. The molecule has 19 heteroatoms. The van der Waals surface area contributed by atoms with Crippen molar-refractivity contribution >= 4 is 57.9 Å². The van der Waals surface area contributed by atoms with E-state index in [-0.39, 0.29) is 103 Å². The molecule has 2 aromatic carbocycles. The Hall–Kier alpha value is -5.86. The van der Waals surface area contributed by atoms with Gasteiger partial charge in [0.25, 0.3) is 0 Å². The number of rotatable bonds is 9. The SMILES string of the molecule is C=CC1CN2CCC1CC2[C@H](O)c1ccnc2ccccc12.C=CC1CN2CCC1CC2[C@H](O)c1ccnc2ccccc12.CC.O.O=C(O)C1CC2CC1C(=O)O2.O=C(O)C1CC2CC1C(=O)O2.O=CC1CC2CC1C(=O)O2.[CH3-].[V]. The number of hydrogen-bond donors (Lipinski definition) is 4. The molecule has 2 aromatic heterocycles. The summed E-state index contributed by atoms with van der Waals surface area (Å²) in [6, 6.07) is 20.5. The monoisotopic (exact) mass is 1150 g/mol. The van der Waals surface area contributed by atoms with E-state index in [1.54, 1.807) is 0 Å². The molecule has 12 fully saturated rings. The van der Waals surface area contributed by atoms with Crippen molar-refractivity contribution < 1.29 is 87.4 Å². The number of para-hydroxylation sites is 2. The van der Waals surface area contributed by atoms with Crippen molar-refractivity contribution in [3.8, 4) is 0 Å². The molecule has 18 nitrogen and oxygen atoms in total. The number of benzene rings is 2. The van der Waals surface area contributed by atoms with Crippen molar-refractivity contribution in [3.63, 3.8) is 0 Å². The number of esters is 3. The van der Waals surface area contributed by atoms with Gasteiger partial charge in [-0.1, -0.05) is 62.4 Å². The van der Waals surface area contributed by atoms with Gasteiger partial charge in [-0.3, -0.25) is 43.7 Å². The number of aromatic nitrogens is 2. The molecule has 0 amide bonds. The molecule has 3 saturated carbocycles. The van der Waals surface area contributed by atoms with Crippen LogP contribution in [0.2, 0.25) is 0 Å². The molecular formula is C62H79N4O14V-. The van der Waals surface area contributed by atoms with E-state index in [2.05, 4.69) is 57.2 Å². The zero-order chi connectivity index (χ0) is 55.4. The molecule has 17 unspecified atom stereocenters. The Labute approximate surface area is 485 Å². The number of carbonyl (C=O) groups excluding carboxylic acids is 4. The molecule has 11 heterocycles. The molecule has 16 rings (SSSR count). The summed E-state index contributed by atoms with van der Waals surface area (Å²) < 4.78 is 14.6. The van der Waals surface area contributed by atoms with Gasteiger partial charge < -0.3 is 52.3 Å². The van der Waals surface area contributed by atoms with Gasteiger partial charge in [0.05, 0.1) is 52.8 Å². The van der Waals surface area contributed by atoms with E-state index < -0.39 is 36.0 Å². The normalized spacial score (nSPS) is 33.9. The van der Waals surface area contributed by atoms with Gasteiger partial charge in [0.2, 0.25) is 0 Å². The van der Waals surface area contributed by atoms with E-state index in [0.717, 1.165) is 91.1 Å². The Morgan fingerprint density at radius 2 is 0.975 bits per heavy atom. The van der Waals surface area contributed by atoms with Crippen LogP contribution in [0.15, 0.2) is 98.4 Å². The fraction of sp³-hybridized carbons (Fsp3) is 0.532. The first-order chi connectivity index (χ1) is 37.7. The quantitative estimate of drug-likeness (QED) is 0.0425. The molecule has 81 heavy (non-hydrogen) atoms. The van der Waals surface area contributed by atoms with E-state index >= 15 is 0 Å². The molecule has 9 aliphatic heterocycles. The van der Waals surface area contributed by atoms with Crippen LogP contribution in [0.25, 0.3) is 21.8 Å². The summed E-state index contributed by atoms with van der Waals surface area (Å²) in [5.41, 5.74) is 3.94. The van der Waals surface area contributed by atoms with Crippen LogP contribution < -0.4 is 0 Å².